The molecule has 0 aliphatic carbocycles. The van der Waals surface area contributed by atoms with Gasteiger partial charge < -0.3 is 14.5 Å². The van der Waals surface area contributed by atoms with E-state index in [4.69, 9.17) is 17.0 Å². The number of nitrogens with one attached hydrogen (secondary N) is 1. The summed E-state index contributed by atoms with van der Waals surface area (Å²) in [6.07, 6.45) is 0. The van der Waals surface area contributed by atoms with Crippen LogP contribution in [0, 0.1) is 29.8 Å². The predicted molar refractivity (Wildman–Crippen MR) is 110 cm³/mol. The molecule has 2 aromatic rings. The monoisotopic (exact) mass is 383 g/mol. The number of anilines is 1. The van der Waals surface area contributed by atoms with Crippen LogP contribution in [0.3, 0.4) is 0 Å². The van der Waals surface area contributed by atoms with Crippen molar-refractivity contribution in [1.29, 1.82) is 5.26 Å². The van der Waals surface area contributed by atoms with Gasteiger partial charge >= 0.3 is 0 Å². The molecule has 2 heterocycles. The fourth-order valence-electron chi connectivity index (χ4n) is 3.70. The average Bonchev–Trinajstić information content (AvgIpc) is 2.67. The highest BCUT2D eigenvalue weighted by molar-refractivity contribution is 7.71. The Bertz CT molecular complexity index is 907. The van der Waals surface area contributed by atoms with Gasteiger partial charge in [0.05, 0.1) is 44.0 Å². The van der Waals surface area contributed by atoms with Gasteiger partial charge in [-0.15, -0.1) is 0 Å². The number of rotatable bonds is 5. The van der Waals surface area contributed by atoms with Crippen molar-refractivity contribution in [3.63, 3.8) is 0 Å². The minimum Gasteiger partial charge on any atom is -0.492 e. The van der Waals surface area contributed by atoms with Crippen LogP contribution in [0.4, 0.5) is 5.69 Å². The molecule has 1 aliphatic rings. The van der Waals surface area contributed by atoms with Crippen LogP contribution in [-0.2, 0) is 6.67 Å². The standard InChI is InChI=1S/C21H26N4OS/c1-4-26-20-8-6-5-7-19(20)24-11-9-23(10-12-24)15-25-17(3)13-16(2)18(14-22)21(25)27/h5-8,13H,4,9-12,15H2,1-3H3/p+1. The van der Waals surface area contributed by atoms with Gasteiger partial charge in [0.1, 0.15) is 16.5 Å². The second-order valence-corrected chi connectivity index (χ2v) is 7.37. The Morgan fingerprint density at radius 2 is 1.93 bits per heavy atom. The Balaban J connectivity index is 1.71. The fourth-order valence-corrected chi connectivity index (χ4v) is 4.12. The number of nitriles is 1. The first-order valence-corrected chi connectivity index (χ1v) is 9.87. The first-order chi connectivity index (χ1) is 13.0. The predicted octanol–water partition coefficient (Wildman–Crippen LogP) is 2.47. The molecule has 0 amide bonds. The molecule has 0 bridgehead atoms. The van der Waals surface area contributed by atoms with E-state index in [0.717, 1.165) is 49.9 Å². The van der Waals surface area contributed by atoms with Gasteiger partial charge in [-0.3, -0.25) is 4.57 Å². The summed E-state index contributed by atoms with van der Waals surface area (Å²) in [4.78, 5) is 3.88. The fraction of sp³-hybridized carbons (Fsp3) is 0.429. The normalized spacial score (nSPS) is 14.8. The maximum atomic E-state index is 9.40. The maximum absolute atomic E-state index is 9.40. The molecule has 1 aliphatic heterocycles. The number of hydrogen-bond acceptors (Lipinski definition) is 4. The van der Waals surface area contributed by atoms with Crippen molar-refractivity contribution in [2.24, 2.45) is 0 Å². The Morgan fingerprint density at radius 1 is 1.22 bits per heavy atom. The third-order valence-electron chi connectivity index (χ3n) is 5.17. The molecule has 1 saturated heterocycles. The van der Waals surface area contributed by atoms with E-state index < -0.39 is 0 Å². The minimum atomic E-state index is 0.624. The lowest BCUT2D eigenvalue weighted by molar-refractivity contribution is -0.923. The van der Waals surface area contributed by atoms with Crippen LogP contribution in [0.5, 0.6) is 5.75 Å². The summed E-state index contributed by atoms with van der Waals surface area (Å²) in [5, 5.41) is 9.40. The first kappa shape index (κ1) is 19.4. The number of aryl methyl sites for hydroxylation is 2. The molecule has 5 nitrogen and oxygen atoms in total. The molecule has 27 heavy (non-hydrogen) atoms. The zero-order valence-corrected chi connectivity index (χ0v) is 17.1. The van der Waals surface area contributed by atoms with Crippen LogP contribution < -0.4 is 14.5 Å². The zero-order chi connectivity index (χ0) is 19.4. The third-order valence-corrected chi connectivity index (χ3v) is 5.60. The van der Waals surface area contributed by atoms with Crippen LogP contribution in [0.15, 0.2) is 30.3 Å². The highest BCUT2D eigenvalue weighted by Crippen LogP contribution is 2.27. The molecule has 1 fully saturated rings. The molecule has 1 aromatic carbocycles. The molecule has 6 heteroatoms. The lowest BCUT2D eigenvalue weighted by Crippen LogP contribution is -3.14. The average molecular weight is 384 g/mol. The number of quaternary nitrogens is 1. The zero-order valence-electron chi connectivity index (χ0n) is 16.3. The van der Waals surface area contributed by atoms with Crippen molar-refractivity contribution in [3.8, 4) is 11.8 Å². The SMILES string of the molecule is CCOc1ccccc1N1CC[NH+](Cn2c(C)cc(C)c(C#N)c2=S)CC1. The number of nitrogens with zero attached hydrogens (tertiary/aromatic N) is 3. The number of pyridine rings is 1. The first-order valence-electron chi connectivity index (χ1n) is 9.46. The molecule has 142 valence electrons. The Kier molecular flexibility index (Phi) is 6.15. The van der Waals surface area contributed by atoms with Gasteiger partial charge in [0, 0.05) is 5.69 Å². The van der Waals surface area contributed by atoms with Crippen molar-refractivity contribution in [1.82, 2.24) is 4.57 Å². The Morgan fingerprint density at radius 3 is 2.59 bits per heavy atom. The van der Waals surface area contributed by atoms with Gasteiger partial charge in [0.2, 0.25) is 0 Å². The van der Waals surface area contributed by atoms with E-state index in [9.17, 15) is 5.26 Å². The lowest BCUT2D eigenvalue weighted by Gasteiger charge is -2.35. The van der Waals surface area contributed by atoms with Crippen LogP contribution in [-0.4, -0.2) is 37.4 Å². The quantitative estimate of drug-likeness (QED) is 0.806. The molecular weight excluding hydrogens is 356 g/mol. The summed E-state index contributed by atoms with van der Waals surface area (Å²) in [7, 11) is 0. The summed E-state index contributed by atoms with van der Waals surface area (Å²) in [5.74, 6) is 0.957. The van der Waals surface area contributed by atoms with Gasteiger partial charge in [-0.2, -0.15) is 5.26 Å². The van der Waals surface area contributed by atoms with Crippen LogP contribution >= 0.6 is 12.2 Å². The topological polar surface area (TPSA) is 45.6 Å². The van der Waals surface area contributed by atoms with E-state index in [-0.39, 0.29) is 0 Å². The van der Waals surface area contributed by atoms with Gasteiger partial charge in [0.25, 0.3) is 0 Å². The van der Waals surface area contributed by atoms with Crippen LogP contribution in [0.25, 0.3) is 0 Å². The van der Waals surface area contributed by atoms with Crippen LogP contribution in [0.1, 0.15) is 23.7 Å². The molecule has 0 atom stereocenters. The van der Waals surface area contributed by atoms with Gasteiger partial charge in [-0.25, -0.2) is 0 Å². The van der Waals surface area contributed by atoms with Crippen molar-refractivity contribution < 1.29 is 9.64 Å². The Hall–Kier alpha value is -2.36. The van der Waals surface area contributed by atoms with E-state index in [1.165, 1.54) is 10.6 Å². The molecule has 0 saturated carbocycles. The molecule has 0 radical (unpaired) electrons. The van der Waals surface area contributed by atoms with Gasteiger partial charge in [0.15, 0.2) is 6.67 Å². The number of piperazine rings is 1. The van der Waals surface area contributed by atoms with E-state index >= 15 is 0 Å². The maximum Gasteiger partial charge on any atom is 0.157 e. The smallest absolute Gasteiger partial charge is 0.157 e. The summed E-state index contributed by atoms with van der Waals surface area (Å²) in [6.45, 7) is 11.5. The lowest BCUT2D eigenvalue weighted by atomic mass is 10.1. The molecule has 1 N–H and O–H groups in total. The van der Waals surface area contributed by atoms with Crippen molar-refractivity contribution in [3.05, 3.63) is 51.8 Å². The number of hydrogen-bond donors (Lipinski definition) is 1. The van der Waals surface area contributed by atoms with E-state index in [2.05, 4.69) is 40.7 Å². The summed E-state index contributed by atoms with van der Waals surface area (Å²) < 4.78 is 8.55. The summed E-state index contributed by atoms with van der Waals surface area (Å²) in [5.41, 5.74) is 3.88. The highest BCUT2D eigenvalue weighted by atomic mass is 32.1. The molecule has 0 spiro atoms. The number of aromatic nitrogens is 1. The highest BCUT2D eigenvalue weighted by Gasteiger charge is 2.23. The number of para-hydroxylation sites is 2. The van der Waals surface area contributed by atoms with Crippen molar-refractivity contribution in [2.45, 2.75) is 27.4 Å². The Labute approximate surface area is 166 Å². The molecule has 3 rings (SSSR count). The second-order valence-electron chi connectivity index (χ2n) is 6.98. The van der Waals surface area contributed by atoms with E-state index in [1.807, 2.05) is 26.0 Å². The minimum absolute atomic E-state index is 0.624. The molecule has 1 aromatic heterocycles. The number of ether oxygens (including phenoxy) is 1. The molecular formula is C21H27N4OS+. The van der Waals surface area contributed by atoms with Crippen molar-refractivity contribution in [2.75, 3.05) is 37.7 Å². The second kappa shape index (κ2) is 8.55. The third kappa shape index (κ3) is 4.15. The summed E-state index contributed by atoms with van der Waals surface area (Å²) in [6, 6.07) is 12.6. The van der Waals surface area contributed by atoms with E-state index in [1.54, 1.807) is 0 Å². The number of benzene rings is 1. The van der Waals surface area contributed by atoms with Crippen LogP contribution in [0.2, 0.25) is 0 Å². The summed E-state index contributed by atoms with van der Waals surface area (Å²) >= 11 is 5.58. The van der Waals surface area contributed by atoms with Crippen molar-refractivity contribution >= 4 is 17.9 Å². The van der Waals surface area contributed by atoms with E-state index in [0.29, 0.717) is 16.8 Å². The van der Waals surface area contributed by atoms with Gasteiger partial charge in [-0.05, 0) is 44.5 Å². The molecule has 0 unspecified atom stereocenters. The van der Waals surface area contributed by atoms with Gasteiger partial charge in [-0.1, -0.05) is 24.4 Å². The largest absolute Gasteiger partial charge is 0.492 e.